The van der Waals surface area contributed by atoms with Crippen LogP contribution in [0.3, 0.4) is 0 Å². The molecule has 1 saturated heterocycles. The second-order valence-electron chi connectivity index (χ2n) is 7.88. The maximum atomic E-state index is 12.3. The van der Waals surface area contributed by atoms with Crippen molar-refractivity contribution in [3.8, 4) is 17.2 Å². The summed E-state index contributed by atoms with van der Waals surface area (Å²) in [6.07, 6.45) is 0. The fraction of sp³-hybridized carbons (Fsp3) is 0.391. The minimum absolute atomic E-state index is 0.0650. The Hall–Kier alpha value is -3.10. The van der Waals surface area contributed by atoms with E-state index in [1.807, 2.05) is 30.3 Å². The van der Waals surface area contributed by atoms with Gasteiger partial charge in [-0.25, -0.2) is 4.98 Å². The summed E-state index contributed by atoms with van der Waals surface area (Å²) in [5, 5.41) is 0.638. The number of methoxy groups -OCH3 is 3. The molecule has 164 valence electrons. The molecule has 1 aliphatic heterocycles. The maximum absolute atomic E-state index is 12.3. The van der Waals surface area contributed by atoms with Gasteiger partial charge in [-0.2, -0.15) is 0 Å². The summed E-state index contributed by atoms with van der Waals surface area (Å²) in [5.41, 5.74) is 1.80. The van der Waals surface area contributed by atoms with Crippen molar-refractivity contribution >= 4 is 10.9 Å². The number of H-pyrrole nitrogens is 1. The van der Waals surface area contributed by atoms with E-state index < -0.39 is 0 Å². The Morgan fingerprint density at radius 1 is 0.871 bits per heavy atom. The summed E-state index contributed by atoms with van der Waals surface area (Å²) in [4.78, 5) is 22.8. The first-order valence-corrected chi connectivity index (χ1v) is 10.6. The molecule has 3 aromatic rings. The van der Waals surface area contributed by atoms with Crippen molar-refractivity contribution in [2.24, 2.45) is 0 Å². The number of benzene rings is 2. The number of para-hydroxylation sites is 1. The van der Waals surface area contributed by atoms with Crippen molar-refractivity contribution in [3.63, 3.8) is 0 Å². The van der Waals surface area contributed by atoms with Crippen LogP contribution in [0.25, 0.3) is 10.9 Å². The Labute approximate surface area is 181 Å². The first-order chi connectivity index (χ1) is 15.1. The van der Waals surface area contributed by atoms with Gasteiger partial charge in [0.25, 0.3) is 5.56 Å². The van der Waals surface area contributed by atoms with Gasteiger partial charge in [-0.15, -0.1) is 0 Å². The van der Waals surface area contributed by atoms with Gasteiger partial charge in [0.05, 0.1) is 37.8 Å². The number of aromatic amines is 1. The van der Waals surface area contributed by atoms with Gasteiger partial charge < -0.3 is 29.0 Å². The molecule has 0 radical (unpaired) electrons. The number of aromatic nitrogens is 2. The van der Waals surface area contributed by atoms with Crippen LogP contribution >= 0.6 is 0 Å². The second kappa shape index (κ2) is 9.36. The summed E-state index contributed by atoms with van der Waals surface area (Å²) >= 11 is 0. The van der Waals surface area contributed by atoms with E-state index in [-0.39, 0.29) is 5.56 Å². The van der Waals surface area contributed by atoms with E-state index in [9.17, 15) is 4.79 Å². The molecule has 31 heavy (non-hydrogen) atoms. The molecule has 2 aromatic carbocycles. The first-order valence-electron chi connectivity index (χ1n) is 10.6. The quantitative estimate of drug-likeness (QED) is 0.472. The standard InChI is InChI=1S/C23H28N4O4/c1-29-19-9-8-16(21(30-2)22(19)31-3)14-26-10-12-27(13-11-26)15-20-24-18-7-5-4-6-17(18)23(28)25-20/h4-9H,10-15H2,1-3H3,(H,24,25,28)/p+2. The third kappa shape index (κ3) is 4.50. The summed E-state index contributed by atoms with van der Waals surface area (Å²) in [6, 6.07) is 11.5. The largest absolute Gasteiger partial charge is 0.493 e. The van der Waals surface area contributed by atoms with Crippen LogP contribution < -0.4 is 29.6 Å². The monoisotopic (exact) mass is 426 g/mol. The van der Waals surface area contributed by atoms with Crippen molar-refractivity contribution < 1.29 is 24.0 Å². The van der Waals surface area contributed by atoms with Gasteiger partial charge in [0.1, 0.15) is 39.3 Å². The molecule has 8 nitrogen and oxygen atoms in total. The van der Waals surface area contributed by atoms with Crippen LogP contribution in [-0.2, 0) is 13.1 Å². The van der Waals surface area contributed by atoms with E-state index >= 15 is 0 Å². The molecule has 0 aliphatic carbocycles. The maximum Gasteiger partial charge on any atom is 0.258 e. The lowest BCUT2D eigenvalue weighted by Gasteiger charge is -2.30. The van der Waals surface area contributed by atoms with E-state index in [2.05, 4.69) is 16.0 Å². The van der Waals surface area contributed by atoms with Gasteiger partial charge >= 0.3 is 0 Å². The number of rotatable bonds is 7. The van der Waals surface area contributed by atoms with Crippen molar-refractivity contribution in [3.05, 3.63) is 58.1 Å². The highest BCUT2D eigenvalue weighted by Gasteiger charge is 2.26. The number of hydrogen-bond acceptors (Lipinski definition) is 5. The molecule has 1 fully saturated rings. The summed E-state index contributed by atoms with van der Waals surface area (Å²) < 4.78 is 16.5. The molecule has 0 atom stereocenters. The molecular formula is C23H30N4O4+2. The van der Waals surface area contributed by atoms with Crippen LogP contribution in [0.5, 0.6) is 17.2 Å². The van der Waals surface area contributed by atoms with Gasteiger partial charge in [-0.05, 0) is 24.3 Å². The first kappa shape index (κ1) is 21.1. The lowest BCUT2D eigenvalue weighted by atomic mass is 10.1. The predicted molar refractivity (Wildman–Crippen MR) is 117 cm³/mol. The zero-order valence-corrected chi connectivity index (χ0v) is 18.3. The van der Waals surface area contributed by atoms with Gasteiger partial charge in [-0.1, -0.05) is 12.1 Å². The highest BCUT2D eigenvalue weighted by atomic mass is 16.5. The van der Waals surface area contributed by atoms with Crippen molar-refractivity contribution in [1.29, 1.82) is 0 Å². The van der Waals surface area contributed by atoms with Crippen LogP contribution in [0.15, 0.2) is 41.2 Å². The summed E-state index contributed by atoms with van der Waals surface area (Å²) in [5.74, 6) is 2.80. The highest BCUT2D eigenvalue weighted by molar-refractivity contribution is 5.77. The minimum atomic E-state index is -0.0650. The van der Waals surface area contributed by atoms with Crippen LogP contribution in [0, 0.1) is 0 Å². The van der Waals surface area contributed by atoms with E-state index in [4.69, 9.17) is 14.2 Å². The van der Waals surface area contributed by atoms with Crippen molar-refractivity contribution in [2.75, 3.05) is 47.5 Å². The predicted octanol–water partition coefficient (Wildman–Crippen LogP) is -0.567. The smallest absolute Gasteiger partial charge is 0.258 e. The SMILES string of the molecule is COc1ccc(C[NH+]2CC[NH+](Cc3nc4ccccc4c(=O)[nH]3)CC2)c(OC)c1OC. The summed E-state index contributed by atoms with van der Waals surface area (Å²) in [6.45, 7) is 5.69. The third-order valence-corrected chi connectivity index (χ3v) is 5.97. The highest BCUT2D eigenvalue weighted by Crippen LogP contribution is 2.39. The van der Waals surface area contributed by atoms with Crippen LogP contribution in [0.1, 0.15) is 11.4 Å². The van der Waals surface area contributed by atoms with Gasteiger partial charge in [0, 0.05) is 0 Å². The van der Waals surface area contributed by atoms with E-state index in [0.717, 1.165) is 61.9 Å². The third-order valence-electron chi connectivity index (χ3n) is 5.97. The number of nitrogens with one attached hydrogen (secondary N) is 3. The molecule has 0 saturated carbocycles. The van der Waals surface area contributed by atoms with Crippen LogP contribution in [-0.4, -0.2) is 57.5 Å². The molecule has 1 aliphatic rings. The lowest BCUT2D eigenvalue weighted by Crippen LogP contribution is -3.27. The Morgan fingerprint density at radius 3 is 2.23 bits per heavy atom. The normalized spacial score (nSPS) is 18.7. The number of quaternary nitrogens is 2. The molecule has 1 aromatic heterocycles. The van der Waals surface area contributed by atoms with Gasteiger partial charge in [-0.3, -0.25) is 4.79 Å². The molecule has 3 N–H and O–H groups in total. The number of piperazine rings is 1. The Balaban J connectivity index is 1.40. The van der Waals surface area contributed by atoms with Crippen LogP contribution in [0.2, 0.25) is 0 Å². The lowest BCUT2D eigenvalue weighted by molar-refractivity contribution is -1.02. The average molecular weight is 427 g/mol. The Morgan fingerprint density at radius 2 is 1.55 bits per heavy atom. The fourth-order valence-corrected chi connectivity index (χ4v) is 4.34. The second-order valence-corrected chi connectivity index (χ2v) is 7.88. The Bertz CT molecular complexity index is 1110. The number of ether oxygens (including phenoxy) is 3. The van der Waals surface area contributed by atoms with Crippen molar-refractivity contribution in [2.45, 2.75) is 13.1 Å². The Kier molecular flexibility index (Phi) is 6.39. The molecule has 2 heterocycles. The average Bonchev–Trinajstić information content (AvgIpc) is 2.80. The fourth-order valence-electron chi connectivity index (χ4n) is 4.34. The molecule has 0 amide bonds. The van der Waals surface area contributed by atoms with Crippen LogP contribution in [0.4, 0.5) is 0 Å². The minimum Gasteiger partial charge on any atom is -0.493 e. The molecular weight excluding hydrogens is 396 g/mol. The molecule has 0 unspecified atom stereocenters. The summed E-state index contributed by atoms with van der Waals surface area (Å²) in [7, 11) is 4.92. The van der Waals surface area contributed by atoms with E-state index in [1.54, 1.807) is 21.3 Å². The molecule has 0 spiro atoms. The topological polar surface area (TPSA) is 82.3 Å². The number of nitrogens with zero attached hydrogens (tertiary/aromatic N) is 1. The molecule has 8 heteroatoms. The zero-order chi connectivity index (χ0) is 21.8. The van der Waals surface area contributed by atoms with Gasteiger partial charge in [0.15, 0.2) is 17.3 Å². The zero-order valence-electron chi connectivity index (χ0n) is 18.3. The molecule has 4 rings (SSSR count). The number of hydrogen-bond donors (Lipinski definition) is 3. The molecule has 0 bridgehead atoms. The van der Waals surface area contributed by atoms with E-state index in [1.165, 1.54) is 9.80 Å². The van der Waals surface area contributed by atoms with Gasteiger partial charge in [0.2, 0.25) is 5.75 Å². The number of fused-ring (bicyclic) bond motifs is 1. The van der Waals surface area contributed by atoms with Crippen molar-refractivity contribution in [1.82, 2.24) is 9.97 Å². The van der Waals surface area contributed by atoms with E-state index in [0.29, 0.717) is 16.9 Å².